The highest BCUT2D eigenvalue weighted by Gasteiger charge is 2.21. The van der Waals surface area contributed by atoms with Gasteiger partial charge in [0.25, 0.3) is 0 Å². The highest BCUT2D eigenvalue weighted by Crippen LogP contribution is 2.23. The van der Waals surface area contributed by atoms with Crippen LogP contribution in [0.1, 0.15) is 18.5 Å². The van der Waals surface area contributed by atoms with Gasteiger partial charge in [0, 0.05) is 17.0 Å². The van der Waals surface area contributed by atoms with Gasteiger partial charge >= 0.3 is 0 Å². The van der Waals surface area contributed by atoms with Crippen molar-refractivity contribution in [2.45, 2.75) is 19.8 Å². The SMILES string of the molecule is Cc1ccc2cccc(NC(=O)C3CCNCC3)c2n1. The number of anilines is 1. The molecular formula is C16H19N3O. The van der Waals surface area contributed by atoms with Crippen molar-refractivity contribution in [2.24, 2.45) is 5.92 Å². The Morgan fingerprint density at radius 1 is 1.25 bits per heavy atom. The summed E-state index contributed by atoms with van der Waals surface area (Å²) in [6.07, 6.45) is 1.81. The third-order valence-corrected chi connectivity index (χ3v) is 3.83. The maximum absolute atomic E-state index is 12.3. The molecule has 0 saturated carbocycles. The van der Waals surface area contributed by atoms with Crippen molar-refractivity contribution >= 4 is 22.5 Å². The number of aromatic nitrogens is 1. The lowest BCUT2D eigenvalue weighted by Gasteiger charge is -2.22. The third-order valence-electron chi connectivity index (χ3n) is 3.83. The van der Waals surface area contributed by atoms with Crippen molar-refractivity contribution in [2.75, 3.05) is 18.4 Å². The van der Waals surface area contributed by atoms with Gasteiger partial charge in [0.2, 0.25) is 5.91 Å². The van der Waals surface area contributed by atoms with Crippen LogP contribution in [0.3, 0.4) is 0 Å². The van der Waals surface area contributed by atoms with Gasteiger partial charge in [-0.25, -0.2) is 0 Å². The van der Waals surface area contributed by atoms with Gasteiger partial charge < -0.3 is 10.6 Å². The first-order valence-electron chi connectivity index (χ1n) is 7.12. The summed E-state index contributed by atoms with van der Waals surface area (Å²) in [5.41, 5.74) is 2.64. The van der Waals surface area contributed by atoms with Gasteiger partial charge in [0.15, 0.2) is 0 Å². The zero-order chi connectivity index (χ0) is 13.9. The number of fused-ring (bicyclic) bond motifs is 1. The van der Waals surface area contributed by atoms with E-state index in [9.17, 15) is 4.79 Å². The standard InChI is InChI=1S/C16H19N3O/c1-11-5-6-12-3-2-4-14(15(12)18-11)19-16(20)13-7-9-17-10-8-13/h2-6,13,17H,7-10H2,1H3,(H,19,20). The summed E-state index contributed by atoms with van der Waals surface area (Å²) in [5.74, 6) is 0.221. The molecule has 0 unspecified atom stereocenters. The number of nitrogens with zero attached hydrogens (tertiary/aromatic N) is 1. The fourth-order valence-electron chi connectivity index (χ4n) is 2.66. The average Bonchev–Trinajstić information content (AvgIpc) is 2.49. The molecule has 4 heteroatoms. The predicted molar refractivity (Wildman–Crippen MR) is 80.7 cm³/mol. The minimum Gasteiger partial charge on any atom is -0.324 e. The van der Waals surface area contributed by atoms with Gasteiger partial charge in [-0.1, -0.05) is 18.2 Å². The van der Waals surface area contributed by atoms with Gasteiger partial charge in [0.05, 0.1) is 11.2 Å². The van der Waals surface area contributed by atoms with Crippen molar-refractivity contribution in [3.63, 3.8) is 0 Å². The Morgan fingerprint density at radius 2 is 2.05 bits per heavy atom. The number of carbonyl (C=O) groups excluding carboxylic acids is 1. The maximum Gasteiger partial charge on any atom is 0.227 e. The molecule has 20 heavy (non-hydrogen) atoms. The van der Waals surface area contributed by atoms with Gasteiger partial charge in [-0.3, -0.25) is 9.78 Å². The fraction of sp³-hybridized carbons (Fsp3) is 0.375. The topological polar surface area (TPSA) is 54.0 Å². The Bertz CT molecular complexity index is 633. The van der Waals surface area contributed by atoms with E-state index in [-0.39, 0.29) is 11.8 Å². The number of piperidine rings is 1. The second-order valence-electron chi connectivity index (χ2n) is 5.34. The molecule has 2 aromatic rings. The molecule has 1 aromatic carbocycles. The van der Waals surface area contributed by atoms with Gasteiger partial charge in [-0.15, -0.1) is 0 Å². The number of para-hydroxylation sites is 1. The highest BCUT2D eigenvalue weighted by atomic mass is 16.1. The van der Waals surface area contributed by atoms with E-state index >= 15 is 0 Å². The Labute approximate surface area is 118 Å². The molecule has 1 aliphatic rings. The van der Waals surface area contributed by atoms with Gasteiger partial charge in [-0.2, -0.15) is 0 Å². The number of hydrogen-bond donors (Lipinski definition) is 2. The zero-order valence-electron chi connectivity index (χ0n) is 11.6. The fourth-order valence-corrected chi connectivity index (χ4v) is 2.66. The average molecular weight is 269 g/mol. The van der Waals surface area contributed by atoms with E-state index < -0.39 is 0 Å². The lowest BCUT2D eigenvalue weighted by molar-refractivity contribution is -0.120. The Morgan fingerprint density at radius 3 is 2.85 bits per heavy atom. The van der Waals surface area contributed by atoms with E-state index in [4.69, 9.17) is 0 Å². The van der Waals surface area contributed by atoms with Crippen LogP contribution in [0.5, 0.6) is 0 Å². The first-order chi connectivity index (χ1) is 9.74. The van der Waals surface area contributed by atoms with Crippen LogP contribution in [0.2, 0.25) is 0 Å². The lowest BCUT2D eigenvalue weighted by atomic mass is 9.97. The molecular weight excluding hydrogens is 250 g/mol. The molecule has 0 atom stereocenters. The molecule has 1 amide bonds. The van der Waals surface area contributed by atoms with E-state index in [1.165, 1.54) is 0 Å². The van der Waals surface area contributed by atoms with Crippen LogP contribution in [-0.2, 0) is 4.79 Å². The van der Waals surface area contributed by atoms with E-state index in [1.54, 1.807) is 0 Å². The van der Waals surface area contributed by atoms with E-state index in [2.05, 4.69) is 15.6 Å². The molecule has 0 radical (unpaired) electrons. The molecule has 0 aliphatic carbocycles. The van der Waals surface area contributed by atoms with Crippen molar-refractivity contribution in [1.29, 1.82) is 0 Å². The quantitative estimate of drug-likeness (QED) is 0.880. The number of amides is 1. The normalized spacial score (nSPS) is 16.2. The van der Waals surface area contributed by atoms with Crippen molar-refractivity contribution < 1.29 is 4.79 Å². The number of benzene rings is 1. The van der Waals surface area contributed by atoms with Crippen LogP contribution in [0, 0.1) is 12.8 Å². The predicted octanol–water partition coefficient (Wildman–Crippen LogP) is 2.48. The summed E-state index contributed by atoms with van der Waals surface area (Å²) in [5, 5.41) is 7.39. The van der Waals surface area contributed by atoms with Crippen LogP contribution < -0.4 is 10.6 Å². The second-order valence-corrected chi connectivity index (χ2v) is 5.34. The van der Waals surface area contributed by atoms with Crippen LogP contribution >= 0.6 is 0 Å². The first kappa shape index (κ1) is 13.1. The molecule has 2 N–H and O–H groups in total. The molecule has 104 valence electrons. The number of hydrogen-bond acceptors (Lipinski definition) is 3. The summed E-state index contributed by atoms with van der Waals surface area (Å²) in [7, 11) is 0. The Hall–Kier alpha value is -1.94. The minimum atomic E-state index is 0.108. The van der Waals surface area contributed by atoms with Crippen molar-refractivity contribution in [3.8, 4) is 0 Å². The molecule has 1 aromatic heterocycles. The Kier molecular flexibility index (Phi) is 3.65. The molecule has 4 nitrogen and oxygen atoms in total. The second kappa shape index (κ2) is 5.59. The van der Waals surface area contributed by atoms with Gasteiger partial charge in [-0.05, 0) is 45.0 Å². The maximum atomic E-state index is 12.3. The number of aryl methyl sites for hydroxylation is 1. The third kappa shape index (κ3) is 2.65. The monoisotopic (exact) mass is 269 g/mol. The molecule has 1 aliphatic heterocycles. The summed E-state index contributed by atoms with van der Waals surface area (Å²) >= 11 is 0. The van der Waals surface area contributed by atoms with Crippen LogP contribution in [-0.4, -0.2) is 24.0 Å². The van der Waals surface area contributed by atoms with Crippen LogP contribution in [0.4, 0.5) is 5.69 Å². The number of nitrogens with one attached hydrogen (secondary N) is 2. The van der Waals surface area contributed by atoms with E-state index in [0.717, 1.165) is 48.2 Å². The highest BCUT2D eigenvalue weighted by molar-refractivity contribution is 6.01. The van der Waals surface area contributed by atoms with E-state index in [1.807, 2.05) is 37.3 Å². The molecule has 2 heterocycles. The van der Waals surface area contributed by atoms with Crippen LogP contribution in [0.15, 0.2) is 30.3 Å². The van der Waals surface area contributed by atoms with Crippen molar-refractivity contribution in [1.82, 2.24) is 10.3 Å². The molecule has 1 fully saturated rings. The summed E-state index contributed by atoms with van der Waals surface area (Å²) < 4.78 is 0. The van der Waals surface area contributed by atoms with Crippen LogP contribution in [0.25, 0.3) is 10.9 Å². The first-order valence-corrected chi connectivity index (χ1v) is 7.12. The zero-order valence-corrected chi connectivity index (χ0v) is 11.6. The van der Waals surface area contributed by atoms with Gasteiger partial charge in [0.1, 0.15) is 0 Å². The summed E-state index contributed by atoms with van der Waals surface area (Å²) in [6, 6.07) is 9.92. The number of rotatable bonds is 2. The molecule has 0 spiro atoms. The molecule has 1 saturated heterocycles. The minimum absolute atomic E-state index is 0.108. The summed E-state index contributed by atoms with van der Waals surface area (Å²) in [6.45, 7) is 3.81. The molecule has 3 rings (SSSR count). The number of pyridine rings is 1. The lowest BCUT2D eigenvalue weighted by Crippen LogP contribution is -2.34. The van der Waals surface area contributed by atoms with Crippen molar-refractivity contribution in [3.05, 3.63) is 36.0 Å². The van der Waals surface area contributed by atoms with E-state index in [0.29, 0.717) is 0 Å². The largest absolute Gasteiger partial charge is 0.324 e. The molecule has 0 bridgehead atoms. The Balaban J connectivity index is 1.86. The number of carbonyl (C=O) groups is 1. The summed E-state index contributed by atoms with van der Waals surface area (Å²) in [4.78, 5) is 16.9. The smallest absolute Gasteiger partial charge is 0.227 e.